The molecule has 5 nitrogen and oxygen atoms in total. The van der Waals surface area contributed by atoms with Crippen LogP contribution in [0.25, 0.3) is 11.1 Å². The van der Waals surface area contributed by atoms with Crippen LogP contribution in [0.3, 0.4) is 0 Å². The van der Waals surface area contributed by atoms with Crippen molar-refractivity contribution in [2.45, 2.75) is 31.8 Å². The standard InChI is InChI=1S/C15H20N4OS/c16-14-13(11-5-7-17-8-6-11)15(21-19-14)18-9-10-20-12-3-1-2-4-12/h5-8,12,18H,1-4,9-10H2,(H2,16,19). The average molecular weight is 304 g/mol. The SMILES string of the molecule is Nc1nsc(NCCOC2CCCC2)c1-c1ccncc1. The van der Waals surface area contributed by atoms with Crippen molar-refractivity contribution < 1.29 is 4.74 Å². The molecule has 3 rings (SSSR count). The molecule has 1 fully saturated rings. The lowest BCUT2D eigenvalue weighted by molar-refractivity contribution is 0.0659. The fourth-order valence-corrected chi connectivity index (χ4v) is 3.43. The second kappa shape index (κ2) is 6.87. The summed E-state index contributed by atoms with van der Waals surface area (Å²) in [5, 5.41) is 4.38. The normalized spacial score (nSPS) is 15.4. The van der Waals surface area contributed by atoms with Crippen molar-refractivity contribution in [3.63, 3.8) is 0 Å². The van der Waals surface area contributed by atoms with E-state index < -0.39 is 0 Å². The molecule has 1 aliphatic carbocycles. The smallest absolute Gasteiger partial charge is 0.147 e. The van der Waals surface area contributed by atoms with Gasteiger partial charge in [0.15, 0.2) is 0 Å². The van der Waals surface area contributed by atoms with E-state index in [1.165, 1.54) is 37.2 Å². The molecule has 0 aliphatic heterocycles. The first-order valence-electron chi connectivity index (χ1n) is 7.35. The van der Waals surface area contributed by atoms with E-state index in [1.807, 2.05) is 12.1 Å². The maximum Gasteiger partial charge on any atom is 0.147 e. The van der Waals surface area contributed by atoms with Crippen LogP contribution in [0.1, 0.15) is 25.7 Å². The molecule has 1 saturated carbocycles. The van der Waals surface area contributed by atoms with Crippen molar-refractivity contribution in [1.29, 1.82) is 0 Å². The van der Waals surface area contributed by atoms with E-state index in [4.69, 9.17) is 10.5 Å². The Morgan fingerprint density at radius 3 is 2.81 bits per heavy atom. The molecule has 0 bridgehead atoms. The minimum absolute atomic E-state index is 0.456. The number of nitrogens with one attached hydrogen (secondary N) is 1. The third-order valence-corrected chi connectivity index (χ3v) is 4.55. The van der Waals surface area contributed by atoms with Crippen molar-refractivity contribution in [2.75, 3.05) is 24.2 Å². The van der Waals surface area contributed by atoms with Crippen molar-refractivity contribution >= 4 is 22.4 Å². The van der Waals surface area contributed by atoms with E-state index in [2.05, 4.69) is 14.7 Å². The van der Waals surface area contributed by atoms with E-state index in [1.54, 1.807) is 12.4 Å². The molecular weight excluding hydrogens is 284 g/mol. The number of aromatic nitrogens is 2. The summed E-state index contributed by atoms with van der Waals surface area (Å²) in [4.78, 5) is 4.04. The number of hydrogen-bond donors (Lipinski definition) is 2. The number of ether oxygens (including phenoxy) is 1. The van der Waals surface area contributed by atoms with Crippen LogP contribution < -0.4 is 11.1 Å². The molecule has 0 unspecified atom stereocenters. The van der Waals surface area contributed by atoms with Crippen molar-refractivity contribution in [3.05, 3.63) is 24.5 Å². The fraction of sp³-hybridized carbons (Fsp3) is 0.467. The summed E-state index contributed by atoms with van der Waals surface area (Å²) in [6, 6.07) is 3.89. The zero-order valence-corrected chi connectivity index (χ0v) is 12.7. The summed E-state index contributed by atoms with van der Waals surface area (Å²) in [6.07, 6.45) is 8.99. The minimum Gasteiger partial charge on any atom is -0.382 e. The largest absolute Gasteiger partial charge is 0.382 e. The van der Waals surface area contributed by atoms with Gasteiger partial charge in [0.2, 0.25) is 0 Å². The van der Waals surface area contributed by atoms with E-state index in [-0.39, 0.29) is 0 Å². The van der Waals surface area contributed by atoms with Gasteiger partial charge in [-0.25, -0.2) is 0 Å². The Kier molecular flexibility index (Phi) is 4.67. The Labute approximate surface area is 128 Å². The predicted molar refractivity (Wildman–Crippen MR) is 86.5 cm³/mol. The van der Waals surface area contributed by atoms with Gasteiger partial charge in [-0.2, -0.15) is 4.37 Å². The lowest BCUT2D eigenvalue weighted by Crippen LogP contribution is -2.15. The van der Waals surface area contributed by atoms with Crippen LogP contribution in [-0.4, -0.2) is 28.6 Å². The summed E-state index contributed by atoms with van der Waals surface area (Å²) in [7, 11) is 0. The van der Waals surface area contributed by atoms with Crippen LogP contribution >= 0.6 is 11.5 Å². The molecule has 2 aromatic rings. The number of rotatable bonds is 6. The van der Waals surface area contributed by atoms with Gasteiger partial charge in [0.1, 0.15) is 10.8 Å². The van der Waals surface area contributed by atoms with Gasteiger partial charge in [0.25, 0.3) is 0 Å². The maximum absolute atomic E-state index is 5.98. The maximum atomic E-state index is 5.98. The predicted octanol–water partition coefficient (Wildman–Crippen LogP) is 3.16. The number of pyridine rings is 1. The van der Waals surface area contributed by atoms with Gasteiger partial charge in [0.05, 0.1) is 18.3 Å². The molecule has 21 heavy (non-hydrogen) atoms. The Morgan fingerprint density at radius 2 is 2.05 bits per heavy atom. The van der Waals surface area contributed by atoms with Gasteiger partial charge in [-0.1, -0.05) is 12.8 Å². The number of hydrogen-bond acceptors (Lipinski definition) is 6. The topological polar surface area (TPSA) is 73.1 Å². The molecule has 0 saturated heterocycles. The van der Waals surface area contributed by atoms with Crippen LogP contribution in [0.2, 0.25) is 0 Å². The lowest BCUT2D eigenvalue weighted by Gasteiger charge is -2.12. The quantitative estimate of drug-likeness (QED) is 0.802. The van der Waals surface area contributed by atoms with Crippen LogP contribution in [0.4, 0.5) is 10.8 Å². The molecule has 0 radical (unpaired) electrons. The van der Waals surface area contributed by atoms with Gasteiger partial charge in [0, 0.05) is 18.9 Å². The van der Waals surface area contributed by atoms with Crippen molar-refractivity contribution in [3.8, 4) is 11.1 Å². The van der Waals surface area contributed by atoms with Gasteiger partial charge in [-0.05, 0) is 42.1 Å². The van der Waals surface area contributed by atoms with Crippen LogP contribution in [0.5, 0.6) is 0 Å². The summed E-state index contributed by atoms with van der Waals surface area (Å²) in [5.41, 5.74) is 7.98. The summed E-state index contributed by atoms with van der Waals surface area (Å²) in [6.45, 7) is 1.49. The number of nitrogens with two attached hydrogens (primary N) is 1. The molecular formula is C15H20N4OS. The van der Waals surface area contributed by atoms with Gasteiger partial charge in [-0.3, -0.25) is 4.98 Å². The highest BCUT2D eigenvalue weighted by atomic mass is 32.1. The molecule has 0 amide bonds. The summed E-state index contributed by atoms with van der Waals surface area (Å²) >= 11 is 1.39. The Balaban J connectivity index is 1.58. The third kappa shape index (κ3) is 3.51. The molecule has 1 aliphatic rings. The van der Waals surface area contributed by atoms with Crippen LogP contribution in [0.15, 0.2) is 24.5 Å². The number of nitrogen functional groups attached to an aromatic ring is 1. The van der Waals surface area contributed by atoms with E-state index in [9.17, 15) is 0 Å². The number of nitrogens with zero attached hydrogens (tertiary/aromatic N) is 2. The molecule has 6 heteroatoms. The first kappa shape index (κ1) is 14.3. The Morgan fingerprint density at radius 1 is 1.29 bits per heavy atom. The van der Waals surface area contributed by atoms with Gasteiger partial charge in [-0.15, -0.1) is 0 Å². The van der Waals surface area contributed by atoms with Gasteiger partial charge < -0.3 is 15.8 Å². The summed E-state index contributed by atoms with van der Waals surface area (Å²) in [5.74, 6) is 0.561. The highest BCUT2D eigenvalue weighted by Crippen LogP contribution is 2.36. The van der Waals surface area contributed by atoms with Gasteiger partial charge >= 0.3 is 0 Å². The van der Waals surface area contributed by atoms with E-state index in [0.29, 0.717) is 11.9 Å². The van der Waals surface area contributed by atoms with Crippen molar-refractivity contribution in [1.82, 2.24) is 9.36 Å². The second-order valence-corrected chi connectivity index (χ2v) is 5.99. The molecule has 0 spiro atoms. The lowest BCUT2D eigenvalue weighted by atomic mass is 10.1. The minimum atomic E-state index is 0.456. The monoisotopic (exact) mass is 304 g/mol. The van der Waals surface area contributed by atoms with Crippen LogP contribution in [-0.2, 0) is 4.74 Å². The first-order chi connectivity index (χ1) is 10.3. The van der Waals surface area contributed by atoms with E-state index >= 15 is 0 Å². The molecule has 0 atom stereocenters. The average Bonchev–Trinajstić information content (AvgIpc) is 3.14. The second-order valence-electron chi connectivity index (χ2n) is 5.21. The molecule has 2 aromatic heterocycles. The molecule has 112 valence electrons. The zero-order valence-electron chi connectivity index (χ0n) is 11.9. The molecule has 2 heterocycles. The third-order valence-electron chi connectivity index (χ3n) is 3.73. The highest BCUT2D eigenvalue weighted by Gasteiger charge is 2.16. The zero-order chi connectivity index (χ0) is 14.5. The molecule has 3 N–H and O–H groups in total. The first-order valence-corrected chi connectivity index (χ1v) is 8.13. The van der Waals surface area contributed by atoms with Crippen molar-refractivity contribution in [2.24, 2.45) is 0 Å². The summed E-state index contributed by atoms with van der Waals surface area (Å²) < 4.78 is 10.1. The molecule has 0 aromatic carbocycles. The van der Waals surface area contributed by atoms with E-state index in [0.717, 1.165) is 29.3 Å². The Bertz CT molecular complexity index is 566. The van der Waals surface area contributed by atoms with Crippen LogP contribution in [0, 0.1) is 0 Å². The number of anilines is 2. The highest BCUT2D eigenvalue weighted by molar-refractivity contribution is 7.11. The fourth-order valence-electron chi connectivity index (χ4n) is 2.67. The Hall–Kier alpha value is -1.66.